The lowest BCUT2D eigenvalue weighted by Gasteiger charge is -2.39. The third-order valence-corrected chi connectivity index (χ3v) is 4.72. The zero-order chi connectivity index (χ0) is 18.5. The van der Waals surface area contributed by atoms with Crippen LogP contribution in [0, 0.1) is 0 Å². The van der Waals surface area contributed by atoms with Gasteiger partial charge in [0.25, 0.3) is 0 Å². The molecule has 1 fully saturated rings. The van der Waals surface area contributed by atoms with Crippen molar-refractivity contribution in [3.63, 3.8) is 0 Å². The van der Waals surface area contributed by atoms with Crippen molar-refractivity contribution in [2.75, 3.05) is 24.5 Å². The maximum absolute atomic E-state index is 13.0. The Morgan fingerprint density at radius 3 is 2.50 bits per heavy atom. The lowest BCUT2D eigenvalue weighted by Crippen LogP contribution is -2.59. The minimum Gasteiger partial charge on any atom is -0.338 e. The molecular formula is C21H25N3O2. The molecule has 5 nitrogen and oxygen atoms in total. The van der Waals surface area contributed by atoms with Gasteiger partial charge in [0.05, 0.1) is 5.69 Å². The van der Waals surface area contributed by atoms with E-state index < -0.39 is 6.04 Å². The highest BCUT2D eigenvalue weighted by Gasteiger charge is 2.35. The van der Waals surface area contributed by atoms with Gasteiger partial charge in [-0.3, -0.25) is 4.79 Å². The molecule has 3 amide bonds. The van der Waals surface area contributed by atoms with Gasteiger partial charge in [-0.05, 0) is 25.0 Å². The topological polar surface area (TPSA) is 52.7 Å². The minimum atomic E-state index is -0.482. The first-order chi connectivity index (χ1) is 12.6. The number of hydrogen-bond donors (Lipinski definition) is 1. The Morgan fingerprint density at radius 2 is 1.77 bits per heavy atom. The number of piperazine rings is 1. The predicted molar refractivity (Wildman–Crippen MR) is 104 cm³/mol. The summed E-state index contributed by atoms with van der Waals surface area (Å²) in [5, 5.41) is 2.86. The molecule has 5 heteroatoms. The van der Waals surface area contributed by atoms with Crippen molar-refractivity contribution in [3.05, 3.63) is 54.6 Å². The summed E-state index contributed by atoms with van der Waals surface area (Å²) in [7, 11) is 0. The second-order valence-corrected chi connectivity index (χ2v) is 6.47. The normalized spacial score (nSPS) is 17.3. The molecule has 0 unspecified atom stereocenters. The van der Waals surface area contributed by atoms with Gasteiger partial charge in [-0.1, -0.05) is 55.5 Å². The summed E-state index contributed by atoms with van der Waals surface area (Å²) in [4.78, 5) is 28.7. The molecule has 0 saturated carbocycles. The molecule has 3 rings (SSSR count). The third kappa shape index (κ3) is 3.57. The van der Waals surface area contributed by atoms with Crippen LogP contribution in [0.1, 0.15) is 20.3 Å². The first-order valence-corrected chi connectivity index (χ1v) is 9.13. The average Bonchev–Trinajstić information content (AvgIpc) is 2.69. The number of urea groups is 1. The van der Waals surface area contributed by atoms with Crippen molar-refractivity contribution < 1.29 is 9.59 Å². The molecule has 26 heavy (non-hydrogen) atoms. The van der Waals surface area contributed by atoms with E-state index in [0.29, 0.717) is 19.6 Å². The number of anilines is 1. The van der Waals surface area contributed by atoms with Gasteiger partial charge in [0.15, 0.2) is 0 Å². The lowest BCUT2D eigenvalue weighted by molar-refractivity contribution is -0.124. The van der Waals surface area contributed by atoms with Gasteiger partial charge < -0.3 is 15.1 Å². The Labute approximate surface area is 154 Å². The average molecular weight is 351 g/mol. The summed E-state index contributed by atoms with van der Waals surface area (Å²) in [5.41, 5.74) is 2.99. The third-order valence-electron chi connectivity index (χ3n) is 4.72. The summed E-state index contributed by atoms with van der Waals surface area (Å²) in [5.74, 6) is -0.0497. The van der Waals surface area contributed by atoms with Gasteiger partial charge in [-0.15, -0.1) is 0 Å². The van der Waals surface area contributed by atoms with Crippen LogP contribution in [0.25, 0.3) is 11.1 Å². The molecule has 1 aliphatic rings. The molecule has 2 aromatic rings. The Bertz CT molecular complexity index is 776. The standard InChI is InChI=1S/C21H25N3O2/c1-3-13-22-21(26)23-14-15-24(20(25)16(23)2)19-12-8-7-11-18(19)17-9-5-4-6-10-17/h4-12,16H,3,13-15H2,1-2H3,(H,22,26)/t16-/m1/s1. The zero-order valence-corrected chi connectivity index (χ0v) is 15.3. The fourth-order valence-corrected chi connectivity index (χ4v) is 3.29. The van der Waals surface area contributed by atoms with Crippen LogP contribution in [0.4, 0.5) is 10.5 Å². The highest BCUT2D eigenvalue weighted by Crippen LogP contribution is 2.32. The largest absolute Gasteiger partial charge is 0.338 e. The number of carbonyl (C=O) groups is 2. The van der Waals surface area contributed by atoms with Crippen molar-refractivity contribution in [2.45, 2.75) is 26.3 Å². The molecule has 2 aromatic carbocycles. The molecule has 0 radical (unpaired) electrons. The molecular weight excluding hydrogens is 326 g/mol. The zero-order valence-electron chi connectivity index (χ0n) is 15.3. The number of carbonyl (C=O) groups excluding carboxylic acids is 2. The fraction of sp³-hybridized carbons (Fsp3) is 0.333. The van der Waals surface area contributed by atoms with Crippen LogP contribution >= 0.6 is 0 Å². The molecule has 0 aliphatic carbocycles. The van der Waals surface area contributed by atoms with Crippen LogP contribution < -0.4 is 10.2 Å². The van der Waals surface area contributed by atoms with Crippen LogP contribution in [0.15, 0.2) is 54.6 Å². The number of nitrogens with one attached hydrogen (secondary N) is 1. The van der Waals surface area contributed by atoms with E-state index in [1.54, 1.807) is 16.7 Å². The van der Waals surface area contributed by atoms with Crippen molar-refractivity contribution >= 4 is 17.6 Å². The van der Waals surface area contributed by atoms with Gasteiger partial charge in [0, 0.05) is 25.2 Å². The molecule has 1 saturated heterocycles. The van der Waals surface area contributed by atoms with Gasteiger partial charge in [-0.2, -0.15) is 0 Å². The predicted octanol–water partition coefficient (Wildman–Crippen LogP) is 3.51. The van der Waals surface area contributed by atoms with E-state index in [2.05, 4.69) is 5.32 Å². The number of rotatable bonds is 4. The fourth-order valence-electron chi connectivity index (χ4n) is 3.29. The lowest BCUT2D eigenvalue weighted by atomic mass is 10.0. The maximum atomic E-state index is 13.0. The van der Waals surface area contributed by atoms with E-state index >= 15 is 0 Å². The van der Waals surface area contributed by atoms with Gasteiger partial charge >= 0.3 is 6.03 Å². The molecule has 136 valence electrons. The van der Waals surface area contributed by atoms with Crippen LogP contribution in [-0.2, 0) is 4.79 Å². The van der Waals surface area contributed by atoms with E-state index in [4.69, 9.17) is 0 Å². The van der Waals surface area contributed by atoms with Crippen LogP contribution in [0.2, 0.25) is 0 Å². The molecule has 0 aromatic heterocycles. The molecule has 1 heterocycles. The smallest absolute Gasteiger partial charge is 0.318 e. The highest BCUT2D eigenvalue weighted by molar-refractivity contribution is 6.02. The SMILES string of the molecule is CCCNC(=O)N1CCN(c2ccccc2-c2ccccc2)C(=O)[C@H]1C. The maximum Gasteiger partial charge on any atom is 0.318 e. The molecule has 0 spiro atoms. The molecule has 1 atom stereocenters. The summed E-state index contributed by atoms with van der Waals surface area (Å²) in [6.07, 6.45) is 0.873. The number of nitrogens with zero attached hydrogens (tertiary/aromatic N) is 2. The summed E-state index contributed by atoms with van der Waals surface area (Å²) >= 11 is 0. The van der Waals surface area contributed by atoms with Crippen LogP contribution in [-0.4, -0.2) is 42.5 Å². The van der Waals surface area contributed by atoms with Crippen LogP contribution in [0.3, 0.4) is 0 Å². The van der Waals surface area contributed by atoms with Crippen molar-refractivity contribution in [3.8, 4) is 11.1 Å². The molecule has 1 aliphatic heterocycles. The molecule has 1 N–H and O–H groups in total. The first kappa shape index (κ1) is 18.0. The van der Waals surface area contributed by atoms with Crippen LogP contribution in [0.5, 0.6) is 0 Å². The van der Waals surface area contributed by atoms with Crippen molar-refractivity contribution in [2.24, 2.45) is 0 Å². The summed E-state index contributed by atoms with van der Waals surface area (Å²) in [6.45, 7) is 5.44. The Hall–Kier alpha value is -2.82. The minimum absolute atomic E-state index is 0.0497. The first-order valence-electron chi connectivity index (χ1n) is 9.13. The van der Waals surface area contributed by atoms with E-state index in [1.165, 1.54) is 0 Å². The second-order valence-electron chi connectivity index (χ2n) is 6.47. The van der Waals surface area contributed by atoms with Crippen molar-refractivity contribution in [1.82, 2.24) is 10.2 Å². The van der Waals surface area contributed by atoms with Crippen molar-refractivity contribution in [1.29, 1.82) is 0 Å². The van der Waals surface area contributed by atoms with E-state index in [0.717, 1.165) is 23.2 Å². The van der Waals surface area contributed by atoms with Gasteiger partial charge in [0.1, 0.15) is 6.04 Å². The van der Waals surface area contributed by atoms with E-state index in [-0.39, 0.29) is 11.9 Å². The monoisotopic (exact) mass is 351 g/mol. The number of benzene rings is 2. The number of para-hydroxylation sites is 1. The Balaban J connectivity index is 1.84. The van der Waals surface area contributed by atoms with E-state index in [9.17, 15) is 9.59 Å². The summed E-state index contributed by atoms with van der Waals surface area (Å²) in [6, 6.07) is 17.3. The second kappa shape index (κ2) is 8.04. The summed E-state index contributed by atoms with van der Waals surface area (Å²) < 4.78 is 0. The number of amides is 3. The van der Waals surface area contributed by atoms with Gasteiger partial charge in [0.2, 0.25) is 5.91 Å². The Kier molecular flexibility index (Phi) is 5.56. The highest BCUT2D eigenvalue weighted by atomic mass is 16.2. The number of hydrogen-bond acceptors (Lipinski definition) is 2. The quantitative estimate of drug-likeness (QED) is 0.916. The Morgan fingerprint density at radius 1 is 1.08 bits per heavy atom. The van der Waals surface area contributed by atoms with Gasteiger partial charge in [-0.25, -0.2) is 4.79 Å². The molecule has 0 bridgehead atoms. The van der Waals surface area contributed by atoms with E-state index in [1.807, 2.05) is 61.5 Å².